The second-order valence-electron chi connectivity index (χ2n) is 4.68. The monoisotopic (exact) mass is 285 g/mol. The topological polar surface area (TPSA) is 42.2 Å². The number of carboxylic acids is 1. The summed E-state index contributed by atoms with van der Waals surface area (Å²) in [5.41, 5.74) is 3.17. The van der Waals surface area contributed by atoms with Crippen LogP contribution < -0.4 is 0 Å². The summed E-state index contributed by atoms with van der Waals surface area (Å²) in [6.07, 6.45) is 0. The van der Waals surface area contributed by atoms with Gasteiger partial charge in [0, 0.05) is 21.8 Å². The van der Waals surface area contributed by atoms with Gasteiger partial charge in [0.2, 0.25) is 0 Å². The van der Waals surface area contributed by atoms with Gasteiger partial charge in [-0.25, -0.2) is 4.79 Å². The molecule has 0 atom stereocenters. The van der Waals surface area contributed by atoms with E-state index in [4.69, 9.17) is 16.7 Å². The highest BCUT2D eigenvalue weighted by Crippen LogP contribution is 2.26. The van der Waals surface area contributed by atoms with Gasteiger partial charge in [-0.1, -0.05) is 17.7 Å². The van der Waals surface area contributed by atoms with Gasteiger partial charge in [0.1, 0.15) is 0 Å². The smallest absolute Gasteiger partial charge is 0.335 e. The fourth-order valence-electron chi connectivity index (χ4n) is 2.40. The number of aromatic carboxylic acids is 1. The Morgan fingerprint density at radius 2 is 1.80 bits per heavy atom. The maximum Gasteiger partial charge on any atom is 0.335 e. The molecule has 20 heavy (non-hydrogen) atoms. The van der Waals surface area contributed by atoms with Crippen molar-refractivity contribution in [2.45, 2.75) is 6.92 Å². The third-order valence-corrected chi connectivity index (χ3v) is 3.57. The predicted octanol–water partition coefficient (Wildman–Crippen LogP) is 4.29. The van der Waals surface area contributed by atoms with Crippen LogP contribution in [0.3, 0.4) is 0 Å². The third kappa shape index (κ3) is 2.06. The average Bonchev–Trinajstić information content (AvgIpc) is 2.75. The molecular weight excluding hydrogens is 274 g/mol. The molecule has 1 N–H and O–H groups in total. The molecule has 0 amide bonds. The van der Waals surface area contributed by atoms with E-state index in [0.29, 0.717) is 5.02 Å². The van der Waals surface area contributed by atoms with Gasteiger partial charge in [-0.15, -0.1) is 0 Å². The molecule has 0 fully saturated rings. The number of rotatable bonds is 2. The maximum atomic E-state index is 11.1. The molecule has 1 heterocycles. The van der Waals surface area contributed by atoms with E-state index in [9.17, 15) is 4.79 Å². The number of fused-ring (bicyclic) bond motifs is 1. The van der Waals surface area contributed by atoms with Gasteiger partial charge in [0.05, 0.1) is 11.1 Å². The third-order valence-electron chi connectivity index (χ3n) is 3.32. The molecule has 0 saturated carbocycles. The highest BCUT2D eigenvalue weighted by molar-refractivity contribution is 6.30. The van der Waals surface area contributed by atoms with Crippen LogP contribution in [0.25, 0.3) is 16.6 Å². The molecule has 0 radical (unpaired) electrons. The van der Waals surface area contributed by atoms with Crippen molar-refractivity contribution in [3.05, 3.63) is 64.8 Å². The fraction of sp³-hybridized carbons (Fsp3) is 0.0625. The SMILES string of the molecule is Cc1cc2ccc(C(=O)O)cc2n1-c1ccc(Cl)cc1. The molecule has 4 heteroatoms. The lowest BCUT2D eigenvalue weighted by atomic mass is 10.1. The zero-order valence-electron chi connectivity index (χ0n) is 10.8. The van der Waals surface area contributed by atoms with E-state index >= 15 is 0 Å². The van der Waals surface area contributed by atoms with Gasteiger partial charge in [0.25, 0.3) is 0 Å². The molecule has 3 aromatic rings. The van der Waals surface area contributed by atoms with Crippen LogP contribution >= 0.6 is 11.6 Å². The first-order valence-corrected chi connectivity index (χ1v) is 6.55. The molecule has 2 aromatic carbocycles. The number of nitrogens with zero attached hydrogens (tertiary/aromatic N) is 1. The van der Waals surface area contributed by atoms with Gasteiger partial charge in [-0.05, 0) is 49.4 Å². The number of hydrogen-bond donors (Lipinski definition) is 1. The summed E-state index contributed by atoms with van der Waals surface area (Å²) in [6, 6.07) is 14.7. The average molecular weight is 286 g/mol. The van der Waals surface area contributed by atoms with Gasteiger partial charge in [-0.2, -0.15) is 0 Å². The summed E-state index contributed by atoms with van der Waals surface area (Å²) >= 11 is 5.91. The van der Waals surface area contributed by atoms with E-state index in [1.54, 1.807) is 12.1 Å². The van der Waals surface area contributed by atoms with E-state index in [-0.39, 0.29) is 5.56 Å². The maximum absolute atomic E-state index is 11.1. The van der Waals surface area contributed by atoms with Crippen LogP contribution in [0, 0.1) is 6.92 Å². The highest BCUT2D eigenvalue weighted by Gasteiger charge is 2.10. The van der Waals surface area contributed by atoms with Crippen molar-refractivity contribution in [2.24, 2.45) is 0 Å². The number of benzene rings is 2. The Kier molecular flexibility index (Phi) is 2.99. The molecular formula is C16H12ClNO2. The summed E-state index contributed by atoms with van der Waals surface area (Å²) in [6.45, 7) is 2.00. The van der Waals surface area contributed by atoms with Crippen LogP contribution in [0.2, 0.25) is 5.02 Å². The Bertz CT molecular complexity index is 803. The summed E-state index contributed by atoms with van der Waals surface area (Å²) in [4.78, 5) is 11.1. The molecule has 0 unspecified atom stereocenters. The molecule has 0 bridgehead atoms. The number of halogens is 1. The molecule has 100 valence electrons. The number of hydrogen-bond acceptors (Lipinski definition) is 1. The largest absolute Gasteiger partial charge is 0.478 e. The second-order valence-corrected chi connectivity index (χ2v) is 5.11. The molecule has 3 rings (SSSR count). The lowest BCUT2D eigenvalue weighted by molar-refractivity contribution is 0.0697. The normalized spacial score (nSPS) is 10.9. The number of carboxylic acid groups (broad SMARTS) is 1. The zero-order valence-corrected chi connectivity index (χ0v) is 11.6. The van der Waals surface area contributed by atoms with Gasteiger partial charge < -0.3 is 9.67 Å². The van der Waals surface area contributed by atoms with E-state index in [0.717, 1.165) is 22.3 Å². The first-order valence-electron chi connectivity index (χ1n) is 6.17. The second kappa shape index (κ2) is 4.69. The lowest BCUT2D eigenvalue weighted by Gasteiger charge is -2.09. The minimum Gasteiger partial charge on any atom is -0.478 e. The van der Waals surface area contributed by atoms with Crippen molar-refractivity contribution >= 4 is 28.5 Å². The fourth-order valence-corrected chi connectivity index (χ4v) is 2.53. The van der Waals surface area contributed by atoms with E-state index in [1.807, 2.05) is 47.9 Å². The van der Waals surface area contributed by atoms with Crippen molar-refractivity contribution in [3.63, 3.8) is 0 Å². The van der Waals surface area contributed by atoms with Crippen LogP contribution in [0.5, 0.6) is 0 Å². The van der Waals surface area contributed by atoms with Crippen molar-refractivity contribution < 1.29 is 9.90 Å². The number of aromatic nitrogens is 1. The van der Waals surface area contributed by atoms with Crippen LogP contribution in [-0.2, 0) is 0 Å². The standard InChI is InChI=1S/C16H12ClNO2/c1-10-8-11-2-3-12(16(19)20)9-15(11)18(10)14-6-4-13(17)5-7-14/h2-9H,1H3,(H,19,20). The summed E-state index contributed by atoms with van der Waals surface area (Å²) in [5, 5.41) is 10.8. The van der Waals surface area contributed by atoms with Crippen LogP contribution in [0.15, 0.2) is 48.5 Å². The molecule has 0 saturated heterocycles. The van der Waals surface area contributed by atoms with Gasteiger partial charge in [-0.3, -0.25) is 0 Å². The van der Waals surface area contributed by atoms with E-state index < -0.39 is 5.97 Å². The lowest BCUT2D eigenvalue weighted by Crippen LogP contribution is -1.99. The van der Waals surface area contributed by atoms with Crippen LogP contribution in [-0.4, -0.2) is 15.6 Å². The molecule has 0 aliphatic rings. The van der Waals surface area contributed by atoms with Crippen molar-refractivity contribution in [3.8, 4) is 5.69 Å². The zero-order chi connectivity index (χ0) is 14.3. The van der Waals surface area contributed by atoms with E-state index in [2.05, 4.69) is 0 Å². The highest BCUT2D eigenvalue weighted by atomic mass is 35.5. The number of aryl methyl sites for hydroxylation is 1. The number of carbonyl (C=O) groups is 1. The molecule has 0 aliphatic carbocycles. The Morgan fingerprint density at radius 1 is 1.10 bits per heavy atom. The molecule has 0 spiro atoms. The Morgan fingerprint density at radius 3 is 2.45 bits per heavy atom. The van der Waals surface area contributed by atoms with E-state index in [1.165, 1.54) is 0 Å². The minimum atomic E-state index is -0.923. The van der Waals surface area contributed by atoms with Crippen LogP contribution in [0.4, 0.5) is 0 Å². The molecule has 3 nitrogen and oxygen atoms in total. The van der Waals surface area contributed by atoms with Crippen molar-refractivity contribution in [1.82, 2.24) is 4.57 Å². The van der Waals surface area contributed by atoms with Crippen LogP contribution in [0.1, 0.15) is 16.1 Å². The Hall–Kier alpha value is -2.26. The Labute approximate surface area is 121 Å². The first kappa shape index (κ1) is 12.8. The molecule has 0 aliphatic heterocycles. The quantitative estimate of drug-likeness (QED) is 0.763. The summed E-state index contributed by atoms with van der Waals surface area (Å²) in [5.74, 6) is -0.923. The van der Waals surface area contributed by atoms with Gasteiger partial charge in [0.15, 0.2) is 0 Å². The van der Waals surface area contributed by atoms with Crippen molar-refractivity contribution in [1.29, 1.82) is 0 Å². The minimum absolute atomic E-state index is 0.283. The Balaban J connectivity index is 2.28. The summed E-state index contributed by atoms with van der Waals surface area (Å²) < 4.78 is 2.03. The molecule has 1 aromatic heterocycles. The summed E-state index contributed by atoms with van der Waals surface area (Å²) in [7, 11) is 0. The van der Waals surface area contributed by atoms with Gasteiger partial charge >= 0.3 is 5.97 Å². The van der Waals surface area contributed by atoms with Crippen molar-refractivity contribution in [2.75, 3.05) is 0 Å². The predicted molar refractivity (Wildman–Crippen MR) is 80.0 cm³/mol. The first-order chi connectivity index (χ1) is 9.56.